The first-order valence-corrected chi connectivity index (χ1v) is 7.52. The Kier molecular flexibility index (Phi) is 4.48. The molecule has 0 saturated heterocycles. The van der Waals surface area contributed by atoms with Gasteiger partial charge in [-0.3, -0.25) is 5.32 Å². The summed E-state index contributed by atoms with van der Waals surface area (Å²) in [5.41, 5.74) is -0.646. The molecule has 0 aromatic carbocycles. The Bertz CT molecular complexity index is 546. The number of anilines is 1. The number of aromatic nitrogens is 1. The Morgan fingerprint density at radius 2 is 2.10 bits per heavy atom. The number of carbonyl (C=O) groups is 2. The Labute approximate surface area is 126 Å². The molecule has 1 saturated carbocycles. The van der Waals surface area contributed by atoms with E-state index < -0.39 is 17.7 Å². The molecule has 3 N–H and O–H groups in total. The zero-order chi connectivity index (χ0) is 15.6. The summed E-state index contributed by atoms with van der Waals surface area (Å²) < 4.78 is 5.11. The number of ether oxygens (including phenoxy) is 1. The van der Waals surface area contributed by atoms with E-state index in [1.54, 1.807) is 20.8 Å². The van der Waals surface area contributed by atoms with Crippen LogP contribution in [0.15, 0.2) is 0 Å². The van der Waals surface area contributed by atoms with Crippen molar-refractivity contribution in [3.05, 3.63) is 10.6 Å². The number of hydrogen-bond donors (Lipinski definition) is 3. The molecule has 1 fully saturated rings. The van der Waals surface area contributed by atoms with Crippen LogP contribution in [0, 0.1) is 0 Å². The van der Waals surface area contributed by atoms with Crippen LogP contribution >= 0.6 is 11.3 Å². The largest absolute Gasteiger partial charge is 0.476 e. The second-order valence-corrected chi connectivity index (χ2v) is 6.96. The number of rotatable bonds is 5. The van der Waals surface area contributed by atoms with Gasteiger partial charge in [0.05, 0.1) is 4.88 Å². The van der Waals surface area contributed by atoms with E-state index in [1.165, 1.54) is 0 Å². The van der Waals surface area contributed by atoms with Crippen LogP contribution in [-0.4, -0.2) is 33.8 Å². The van der Waals surface area contributed by atoms with Gasteiger partial charge in [-0.1, -0.05) is 11.3 Å². The van der Waals surface area contributed by atoms with Gasteiger partial charge in [0.1, 0.15) is 5.60 Å². The molecule has 0 radical (unpaired) electrons. The summed E-state index contributed by atoms with van der Waals surface area (Å²) >= 11 is 1.15. The molecule has 0 spiro atoms. The van der Waals surface area contributed by atoms with Crippen molar-refractivity contribution < 1.29 is 19.4 Å². The normalized spacial score (nSPS) is 14.8. The fraction of sp³-hybridized carbons (Fsp3) is 0.615. The molecule has 0 atom stereocenters. The molecule has 1 aliphatic rings. The molecule has 1 amide bonds. The van der Waals surface area contributed by atoms with Gasteiger partial charge >= 0.3 is 12.1 Å². The zero-order valence-corrected chi connectivity index (χ0v) is 13.0. The summed E-state index contributed by atoms with van der Waals surface area (Å²) in [6.45, 7) is 5.70. The van der Waals surface area contributed by atoms with Gasteiger partial charge in [0.2, 0.25) is 0 Å². The first kappa shape index (κ1) is 15.7. The van der Waals surface area contributed by atoms with Crippen LogP contribution < -0.4 is 10.6 Å². The average Bonchev–Trinajstić information content (AvgIpc) is 3.05. The van der Waals surface area contributed by atoms with E-state index in [0.29, 0.717) is 17.5 Å². The van der Waals surface area contributed by atoms with E-state index in [9.17, 15) is 9.59 Å². The lowest BCUT2D eigenvalue weighted by molar-refractivity contribution is 0.0632. The van der Waals surface area contributed by atoms with Gasteiger partial charge in [0.15, 0.2) is 10.8 Å². The molecule has 1 aromatic heterocycles. The molecule has 1 aliphatic carbocycles. The van der Waals surface area contributed by atoms with Crippen LogP contribution in [0.25, 0.3) is 0 Å². The van der Waals surface area contributed by atoms with Crippen LogP contribution in [-0.2, 0) is 11.3 Å². The van der Waals surface area contributed by atoms with E-state index in [1.807, 2.05) is 0 Å². The van der Waals surface area contributed by atoms with Gasteiger partial charge in [-0.25, -0.2) is 14.6 Å². The number of amides is 1. The Morgan fingerprint density at radius 1 is 1.43 bits per heavy atom. The third kappa shape index (κ3) is 4.98. The molecule has 8 heteroatoms. The molecule has 0 aliphatic heterocycles. The quantitative estimate of drug-likeness (QED) is 0.772. The molecular weight excluding hydrogens is 294 g/mol. The van der Waals surface area contributed by atoms with Crippen molar-refractivity contribution in [2.75, 3.05) is 5.32 Å². The number of carboxylic acid groups (broad SMARTS) is 1. The summed E-state index contributed by atoms with van der Waals surface area (Å²) in [6, 6.07) is 0.469. The number of hydrogen-bond acceptors (Lipinski definition) is 6. The Balaban J connectivity index is 2.03. The van der Waals surface area contributed by atoms with Crippen LogP contribution in [0.2, 0.25) is 0 Å². The molecule has 0 bridgehead atoms. The number of carbonyl (C=O) groups excluding carboxylic acids is 1. The molecule has 7 nitrogen and oxygen atoms in total. The highest BCUT2D eigenvalue weighted by atomic mass is 32.1. The Morgan fingerprint density at radius 3 is 2.62 bits per heavy atom. The Hall–Kier alpha value is -1.67. The topological polar surface area (TPSA) is 101 Å². The van der Waals surface area contributed by atoms with Crippen molar-refractivity contribution in [3.63, 3.8) is 0 Å². The predicted octanol–water partition coefficient (Wildman–Crippen LogP) is 2.44. The van der Waals surface area contributed by atoms with Crippen LogP contribution in [0.1, 0.15) is 49.0 Å². The first-order valence-electron chi connectivity index (χ1n) is 6.71. The summed E-state index contributed by atoms with van der Waals surface area (Å²) in [5.74, 6) is -1.10. The third-order valence-electron chi connectivity index (χ3n) is 2.64. The fourth-order valence-corrected chi connectivity index (χ4v) is 2.50. The van der Waals surface area contributed by atoms with Gasteiger partial charge in [0.25, 0.3) is 0 Å². The van der Waals surface area contributed by atoms with Crippen molar-refractivity contribution in [2.24, 2.45) is 0 Å². The maximum Gasteiger partial charge on any atom is 0.413 e. The summed E-state index contributed by atoms with van der Waals surface area (Å²) in [4.78, 5) is 27.4. The van der Waals surface area contributed by atoms with Crippen LogP contribution in [0.5, 0.6) is 0 Å². The molecular formula is C13H19N3O4S. The standard InChI is InChI=1S/C13H19N3O4S/c1-13(2,3)20-12(19)16-11-15-9(10(17)18)8(21-11)6-14-7-4-5-7/h7,14H,4-6H2,1-3H3,(H,17,18)(H,15,16,19). The fourth-order valence-electron chi connectivity index (χ4n) is 1.61. The molecule has 1 heterocycles. The second-order valence-electron chi connectivity index (χ2n) is 5.88. The smallest absolute Gasteiger partial charge is 0.413 e. The van der Waals surface area contributed by atoms with Crippen molar-refractivity contribution in [2.45, 2.75) is 51.8 Å². The number of carboxylic acids is 1. The summed E-state index contributed by atoms with van der Waals surface area (Å²) in [6.07, 6.45) is 1.59. The summed E-state index contributed by atoms with van der Waals surface area (Å²) in [5, 5.41) is 15.1. The minimum atomic E-state index is -1.10. The molecule has 1 aromatic rings. The maximum atomic E-state index is 11.7. The third-order valence-corrected chi connectivity index (χ3v) is 3.61. The van der Waals surface area contributed by atoms with Crippen molar-refractivity contribution in [1.29, 1.82) is 0 Å². The minimum Gasteiger partial charge on any atom is -0.476 e. The molecule has 0 unspecified atom stereocenters. The highest BCUT2D eigenvalue weighted by Gasteiger charge is 2.24. The monoisotopic (exact) mass is 313 g/mol. The first-order chi connectivity index (χ1) is 9.74. The number of aromatic carboxylic acids is 1. The van der Waals surface area contributed by atoms with Crippen molar-refractivity contribution >= 4 is 28.5 Å². The molecule has 2 rings (SSSR count). The SMILES string of the molecule is CC(C)(C)OC(=O)Nc1nc(C(=O)O)c(CNC2CC2)s1. The lowest BCUT2D eigenvalue weighted by atomic mass is 10.2. The number of thiazole rings is 1. The van der Waals surface area contributed by atoms with Gasteiger partial charge in [-0.15, -0.1) is 0 Å². The van der Waals surface area contributed by atoms with Gasteiger partial charge in [0, 0.05) is 12.6 Å². The van der Waals surface area contributed by atoms with Crippen LogP contribution in [0.3, 0.4) is 0 Å². The molecule has 21 heavy (non-hydrogen) atoms. The van der Waals surface area contributed by atoms with E-state index >= 15 is 0 Å². The molecule has 116 valence electrons. The van der Waals surface area contributed by atoms with Gasteiger partial charge in [-0.05, 0) is 33.6 Å². The highest BCUT2D eigenvalue weighted by molar-refractivity contribution is 7.16. The zero-order valence-electron chi connectivity index (χ0n) is 12.2. The van der Waals surface area contributed by atoms with E-state index in [2.05, 4.69) is 15.6 Å². The second kappa shape index (κ2) is 5.98. The lowest BCUT2D eigenvalue weighted by Gasteiger charge is -2.18. The number of nitrogens with zero attached hydrogens (tertiary/aromatic N) is 1. The lowest BCUT2D eigenvalue weighted by Crippen LogP contribution is -2.27. The van der Waals surface area contributed by atoms with E-state index in [4.69, 9.17) is 9.84 Å². The average molecular weight is 313 g/mol. The maximum absolute atomic E-state index is 11.7. The summed E-state index contributed by atoms with van der Waals surface area (Å²) in [7, 11) is 0. The highest BCUT2D eigenvalue weighted by Crippen LogP contribution is 2.26. The predicted molar refractivity (Wildman–Crippen MR) is 78.8 cm³/mol. The van der Waals surface area contributed by atoms with Gasteiger partial charge in [-0.2, -0.15) is 0 Å². The number of nitrogens with one attached hydrogen (secondary N) is 2. The van der Waals surface area contributed by atoms with Crippen molar-refractivity contribution in [3.8, 4) is 0 Å². The van der Waals surface area contributed by atoms with Crippen LogP contribution in [0.4, 0.5) is 9.93 Å². The van der Waals surface area contributed by atoms with E-state index in [0.717, 1.165) is 24.2 Å². The van der Waals surface area contributed by atoms with Gasteiger partial charge < -0.3 is 15.2 Å². The van der Waals surface area contributed by atoms with Crippen molar-refractivity contribution in [1.82, 2.24) is 10.3 Å². The minimum absolute atomic E-state index is 0.0285. The van der Waals surface area contributed by atoms with E-state index in [-0.39, 0.29) is 10.8 Å².